The number of aliphatic hydroxyl groups is 20. The van der Waals surface area contributed by atoms with E-state index in [1.54, 1.807) is 7.05 Å². The zero-order valence-corrected chi connectivity index (χ0v) is 62.7. The topological polar surface area (TPSA) is 718 Å². The highest BCUT2D eigenvalue weighted by molar-refractivity contribution is 5.97. The average molecular weight is 1630 g/mol. The molecule has 0 radical (unpaired) electrons. The van der Waals surface area contributed by atoms with E-state index in [2.05, 4.69) is 21.5 Å². The Labute approximate surface area is 645 Å². The summed E-state index contributed by atoms with van der Waals surface area (Å²) in [5.74, 6) is -1.57. The number of rotatable bonds is 47. The van der Waals surface area contributed by atoms with E-state index < -0.39 is 248 Å². The molecule has 6 fully saturated rings. The van der Waals surface area contributed by atoms with E-state index in [9.17, 15) is 131 Å². The van der Waals surface area contributed by atoms with E-state index in [0.29, 0.717) is 51.6 Å². The van der Waals surface area contributed by atoms with Gasteiger partial charge < -0.3 is 176 Å². The number of Topliss-reactive ketones (excluding diaryl/α,β-unsaturated/α-hetero) is 3. The fraction of sp³-hybridized carbons (Fsp3) is 0.912. The first-order valence-electron chi connectivity index (χ1n) is 37.8. The Bertz CT molecular complexity index is 2720. The number of nitrogens with two attached hydrogens (primary N) is 2. The molecule has 44 heteroatoms. The lowest BCUT2D eigenvalue weighted by Gasteiger charge is -2.46. The lowest BCUT2D eigenvalue weighted by molar-refractivity contribution is -0.366. The van der Waals surface area contributed by atoms with Crippen molar-refractivity contribution in [3.05, 3.63) is 0 Å². The van der Waals surface area contributed by atoms with Gasteiger partial charge in [0.25, 0.3) is 0 Å². The van der Waals surface area contributed by atoms with Gasteiger partial charge in [0.1, 0.15) is 164 Å². The van der Waals surface area contributed by atoms with E-state index in [1.807, 2.05) is 0 Å². The standard InChI is InChI=1S/2C34H61N3O19/c1-36-17(9-4-5-11-35)31(50)37-21(41)10-3-2-7-16(40)8-6-12-51-33-29(49)30(56-34-28(48)26(46)23(43)19(14-39)54-34)24(44)20(55-33)15-52-32-27(47)25(45)22(42)18(13-38)53-32;1-16(40)18(9-4-5-11-35)36-37-22(42)10-3-2-7-17(41)8-6-12-51-33-30(50)31(56-34-29(49)27(47)24(44)20(14-39)54-34)25(45)21(55-33)15-52-32-28(48)26(46)23(43)19(13-38)53-32/h17-20,22-30,32-34,36,38-39,42-49H,2-15,35H2,1H3,(H,37,41,50);18-21,23-34,36,38-39,43-50H,2-15,35H2,1H3,(H,37,42)/t17-,18+,19+,20+,22+,23+,24+,25-,26-,27-,28-,29-,30-,32-,33-,34+;18-,19+,20+,21+,23+,24+,25+,26-,27-,28-,29-,30-,31-,32-,33-,34+/m00/s1. The predicted octanol–water partition coefficient (Wildman–Crippen LogP) is -12.2. The van der Waals surface area contributed by atoms with Crippen LogP contribution in [0.5, 0.6) is 0 Å². The van der Waals surface area contributed by atoms with Gasteiger partial charge in [-0.3, -0.25) is 39.5 Å². The highest BCUT2D eigenvalue weighted by atomic mass is 16.8. The number of likely N-dealkylation sites (N-methyl/N-ethyl adjacent to an activating group) is 1. The molecular formula is C68H122N6O38. The number of nitrogens with one attached hydrogen (secondary N) is 4. The van der Waals surface area contributed by atoms with Crippen molar-refractivity contribution in [2.24, 2.45) is 11.5 Å². The number of carbonyl (C=O) groups excluding carboxylic acids is 6. The van der Waals surface area contributed by atoms with Gasteiger partial charge in [-0.2, -0.15) is 0 Å². The Morgan fingerprint density at radius 2 is 0.679 bits per heavy atom. The Kier molecular flexibility index (Phi) is 44.8. The molecule has 6 aliphatic rings. The van der Waals surface area contributed by atoms with Crippen molar-refractivity contribution >= 4 is 35.1 Å². The van der Waals surface area contributed by atoms with Gasteiger partial charge in [-0.25, -0.2) is 5.43 Å². The first-order chi connectivity index (χ1) is 53.3. The van der Waals surface area contributed by atoms with E-state index >= 15 is 0 Å². The molecule has 0 aromatic rings. The first-order valence-corrected chi connectivity index (χ1v) is 37.8. The summed E-state index contributed by atoms with van der Waals surface area (Å²) in [7, 11) is 1.63. The number of carbonyl (C=O) groups is 6. The lowest BCUT2D eigenvalue weighted by atomic mass is 9.96. The van der Waals surface area contributed by atoms with Gasteiger partial charge >= 0.3 is 0 Å². The van der Waals surface area contributed by atoms with Crippen LogP contribution in [0.1, 0.15) is 122 Å². The monoisotopic (exact) mass is 1630 g/mol. The Balaban J connectivity index is 0.000000400. The summed E-state index contributed by atoms with van der Waals surface area (Å²) < 4.78 is 66.6. The highest BCUT2D eigenvalue weighted by Gasteiger charge is 2.55. The zero-order chi connectivity index (χ0) is 83.1. The van der Waals surface area contributed by atoms with Crippen molar-refractivity contribution in [2.45, 2.75) is 319 Å². The van der Waals surface area contributed by atoms with Crippen molar-refractivity contribution in [2.75, 3.05) is 73.0 Å². The summed E-state index contributed by atoms with van der Waals surface area (Å²) in [4.78, 5) is 73.6. The van der Waals surface area contributed by atoms with Crippen LogP contribution in [0.3, 0.4) is 0 Å². The maximum atomic E-state index is 12.5. The van der Waals surface area contributed by atoms with Gasteiger partial charge in [-0.15, -0.1) is 0 Å². The number of hydrogen-bond donors (Lipinski definition) is 26. The summed E-state index contributed by atoms with van der Waals surface area (Å²) in [5.41, 5.74) is 16.2. The number of ketones is 3. The smallest absolute Gasteiger partial charge is 0.243 e. The molecule has 3 amide bonds. The second-order valence-electron chi connectivity index (χ2n) is 28.3. The molecule has 0 spiro atoms. The molecule has 6 aliphatic heterocycles. The molecule has 0 saturated carbocycles. The van der Waals surface area contributed by atoms with Crippen LogP contribution in [0.15, 0.2) is 0 Å². The molecule has 28 N–H and O–H groups in total. The summed E-state index contributed by atoms with van der Waals surface area (Å²) in [5, 5.41) is 211. The van der Waals surface area contributed by atoms with Gasteiger partial charge in [0.05, 0.1) is 64.9 Å². The van der Waals surface area contributed by atoms with E-state index in [0.717, 1.165) is 25.7 Å². The summed E-state index contributed by atoms with van der Waals surface area (Å²) in [6.45, 7) is -2.13. The van der Waals surface area contributed by atoms with Crippen molar-refractivity contribution in [1.29, 1.82) is 0 Å². The molecular weight excluding hydrogens is 1510 g/mol. The molecule has 32 atom stereocenters. The van der Waals surface area contributed by atoms with Gasteiger partial charge in [-0.1, -0.05) is 12.8 Å². The van der Waals surface area contributed by atoms with Crippen molar-refractivity contribution < 1.29 is 188 Å². The Morgan fingerprint density at radius 1 is 0.357 bits per heavy atom. The third-order valence-corrected chi connectivity index (χ3v) is 19.8. The van der Waals surface area contributed by atoms with Gasteiger partial charge in [0.2, 0.25) is 17.7 Å². The average Bonchev–Trinajstić information content (AvgIpc) is 0.794. The van der Waals surface area contributed by atoms with Crippen LogP contribution in [0.2, 0.25) is 0 Å². The molecule has 0 aromatic carbocycles. The maximum Gasteiger partial charge on any atom is 0.243 e. The van der Waals surface area contributed by atoms with E-state index in [-0.39, 0.29) is 87.8 Å². The summed E-state index contributed by atoms with van der Waals surface area (Å²) in [6, 6.07) is -1.04. The van der Waals surface area contributed by atoms with Crippen LogP contribution >= 0.6 is 0 Å². The minimum atomic E-state index is -1.90. The molecule has 6 saturated heterocycles. The molecule has 652 valence electrons. The summed E-state index contributed by atoms with van der Waals surface area (Å²) in [6.07, 6.45) is -43.5. The second-order valence-corrected chi connectivity index (χ2v) is 28.3. The molecule has 6 rings (SSSR count). The Hall–Kier alpha value is -3.82. The van der Waals surface area contributed by atoms with Crippen molar-refractivity contribution in [3.63, 3.8) is 0 Å². The number of ether oxygens (including phenoxy) is 12. The first kappa shape index (κ1) is 98.8. The van der Waals surface area contributed by atoms with Crippen LogP contribution < -0.4 is 33.0 Å². The van der Waals surface area contributed by atoms with E-state index in [4.69, 9.17) is 68.3 Å². The van der Waals surface area contributed by atoms with Crippen LogP contribution in [-0.2, 0) is 85.6 Å². The Morgan fingerprint density at radius 3 is 1.04 bits per heavy atom. The lowest BCUT2D eigenvalue weighted by Crippen LogP contribution is -2.65. The maximum absolute atomic E-state index is 12.5. The second kappa shape index (κ2) is 50.8. The van der Waals surface area contributed by atoms with Gasteiger partial charge in [-0.05, 0) is 91.3 Å². The SMILES string of the molecule is CC(=O)[C@H](CCCCN)NNC(=O)CCCCC(=O)CCCO[C@H]1O[C@H](CO[C@H]2O[C@H](CO)[C@@H](O)[C@H](O)[C@@H]2O)[C@@H](O)[C@H](O[C@H]2O[C@H](CO)[C@@H](O)[C@H](O)[C@@H]2O)[C@@H]1O.CN[C@@H](CCCCN)C(=O)NC(=O)CCCCC(=O)CCCO[C@H]1O[C@H](CO[C@H]2O[C@H](CO)[C@@H](O)[C@H](O)[C@@H]2O)[C@@H](O)[C@H](O[C@H]2O[C@H](CO)[C@@H](O)[C@H](O)[C@@H]2O)[C@@H]1O. The number of amides is 3. The fourth-order valence-corrected chi connectivity index (χ4v) is 12.8. The molecule has 6 heterocycles. The number of hydrazine groups is 1. The van der Waals surface area contributed by atoms with Crippen LogP contribution in [-0.4, -0.2) is 407 Å². The number of imide groups is 1. The third-order valence-electron chi connectivity index (χ3n) is 19.8. The third kappa shape index (κ3) is 29.6. The van der Waals surface area contributed by atoms with E-state index in [1.165, 1.54) is 6.92 Å². The fourth-order valence-electron chi connectivity index (χ4n) is 12.8. The number of aliphatic hydroxyl groups excluding tert-OH is 20. The minimum absolute atomic E-state index is 0.0528. The largest absolute Gasteiger partial charge is 0.394 e. The number of unbranched alkanes of at least 4 members (excludes halogenated alkanes) is 4. The van der Waals surface area contributed by atoms with Crippen molar-refractivity contribution in [1.82, 2.24) is 21.5 Å². The van der Waals surface area contributed by atoms with Crippen LogP contribution in [0, 0.1) is 0 Å². The minimum Gasteiger partial charge on any atom is -0.394 e. The molecule has 0 bridgehead atoms. The van der Waals surface area contributed by atoms with Crippen LogP contribution in [0.4, 0.5) is 0 Å². The predicted molar refractivity (Wildman–Crippen MR) is 373 cm³/mol. The summed E-state index contributed by atoms with van der Waals surface area (Å²) >= 11 is 0. The highest BCUT2D eigenvalue weighted by Crippen LogP contribution is 2.34. The zero-order valence-electron chi connectivity index (χ0n) is 62.7. The van der Waals surface area contributed by atoms with Crippen LogP contribution in [0.25, 0.3) is 0 Å². The number of hydrogen-bond acceptors (Lipinski definition) is 42. The van der Waals surface area contributed by atoms with Crippen molar-refractivity contribution in [3.8, 4) is 0 Å². The molecule has 112 heavy (non-hydrogen) atoms. The van der Waals surface area contributed by atoms with Gasteiger partial charge in [0, 0.05) is 38.5 Å². The molecule has 0 aromatic heterocycles. The quantitative estimate of drug-likeness (QED) is 0.0199. The van der Waals surface area contributed by atoms with Gasteiger partial charge in [0.15, 0.2) is 37.7 Å². The molecule has 0 aliphatic carbocycles. The normalized spacial score (nSPS) is 36.9. The molecule has 44 nitrogen and oxygen atoms in total. The molecule has 0 unspecified atom stereocenters.